The SMILES string of the molecule is COc1ccc(-c2nc(SCC=O)nn2-c2ccc(OC)cc2)cc1. The first kappa shape index (κ1) is 17.0. The second-order valence-corrected chi connectivity index (χ2v) is 6.02. The number of nitrogens with zero attached hydrogens (tertiary/aromatic N) is 3. The van der Waals surface area contributed by atoms with Crippen molar-refractivity contribution in [2.24, 2.45) is 0 Å². The molecule has 2 aromatic carbocycles. The number of rotatable bonds is 7. The molecule has 0 spiro atoms. The maximum Gasteiger partial charge on any atom is 0.209 e. The van der Waals surface area contributed by atoms with Gasteiger partial charge in [-0.2, -0.15) is 0 Å². The molecular weight excluding hydrogens is 338 g/mol. The number of methoxy groups -OCH3 is 2. The zero-order chi connectivity index (χ0) is 17.6. The second kappa shape index (κ2) is 7.85. The van der Waals surface area contributed by atoms with Gasteiger partial charge in [-0.1, -0.05) is 11.8 Å². The van der Waals surface area contributed by atoms with E-state index >= 15 is 0 Å². The molecule has 128 valence electrons. The van der Waals surface area contributed by atoms with Crippen LogP contribution in [0, 0.1) is 0 Å². The summed E-state index contributed by atoms with van der Waals surface area (Å²) in [4.78, 5) is 15.2. The summed E-state index contributed by atoms with van der Waals surface area (Å²) in [6.45, 7) is 0. The Morgan fingerprint density at radius 1 is 1.00 bits per heavy atom. The van der Waals surface area contributed by atoms with Crippen molar-refractivity contribution >= 4 is 18.0 Å². The average molecular weight is 355 g/mol. The molecule has 25 heavy (non-hydrogen) atoms. The fourth-order valence-electron chi connectivity index (χ4n) is 2.29. The Kier molecular flexibility index (Phi) is 5.35. The van der Waals surface area contributed by atoms with Crippen LogP contribution in [-0.2, 0) is 4.79 Å². The average Bonchev–Trinajstić information content (AvgIpc) is 3.10. The van der Waals surface area contributed by atoms with Crippen molar-refractivity contribution in [3.8, 4) is 28.6 Å². The molecular formula is C18H17N3O3S. The van der Waals surface area contributed by atoms with Crippen molar-refractivity contribution in [2.45, 2.75) is 5.16 Å². The third kappa shape index (κ3) is 3.83. The van der Waals surface area contributed by atoms with Crippen LogP contribution in [0.25, 0.3) is 17.1 Å². The quantitative estimate of drug-likeness (QED) is 0.479. The maximum atomic E-state index is 10.6. The molecule has 0 amide bonds. The molecule has 1 aromatic heterocycles. The molecule has 0 bridgehead atoms. The van der Waals surface area contributed by atoms with Gasteiger partial charge in [-0.05, 0) is 48.5 Å². The number of carbonyl (C=O) groups is 1. The van der Waals surface area contributed by atoms with E-state index in [-0.39, 0.29) is 0 Å². The van der Waals surface area contributed by atoms with Crippen molar-refractivity contribution in [1.29, 1.82) is 0 Å². The van der Waals surface area contributed by atoms with Crippen LogP contribution < -0.4 is 9.47 Å². The molecule has 0 radical (unpaired) electrons. The summed E-state index contributed by atoms with van der Waals surface area (Å²) < 4.78 is 12.2. The van der Waals surface area contributed by atoms with E-state index in [4.69, 9.17) is 9.47 Å². The molecule has 1 heterocycles. The summed E-state index contributed by atoms with van der Waals surface area (Å²) in [6.07, 6.45) is 0.839. The van der Waals surface area contributed by atoms with E-state index in [0.717, 1.165) is 29.0 Å². The zero-order valence-corrected chi connectivity index (χ0v) is 14.7. The summed E-state index contributed by atoms with van der Waals surface area (Å²) in [5, 5.41) is 5.08. The summed E-state index contributed by atoms with van der Waals surface area (Å²) in [7, 11) is 3.25. The van der Waals surface area contributed by atoms with Gasteiger partial charge in [0.1, 0.15) is 17.8 Å². The van der Waals surface area contributed by atoms with E-state index in [2.05, 4.69) is 10.1 Å². The zero-order valence-electron chi connectivity index (χ0n) is 13.9. The minimum Gasteiger partial charge on any atom is -0.497 e. The first-order valence-corrected chi connectivity index (χ1v) is 8.56. The number of carbonyl (C=O) groups excluding carboxylic acids is 1. The Bertz CT molecular complexity index is 780. The normalized spacial score (nSPS) is 10.5. The highest BCUT2D eigenvalue weighted by Crippen LogP contribution is 2.27. The van der Waals surface area contributed by atoms with Crippen LogP contribution in [0.5, 0.6) is 11.5 Å². The highest BCUT2D eigenvalue weighted by molar-refractivity contribution is 7.99. The molecule has 7 heteroatoms. The van der Waals surface area contributed by atoms with Gasteiger partial charge in [0.25, 0.3) is 0 Å². The summed E-state index contributed by atoms with van der Waals surface area (Å²) >= 11 is 1.30. The monoisotopic (exact) mass is 355 g/mol. The molecule has 0 N–H and O–H groups in total. The Morgan fingerprint density at radius 3 is 2.16 bits per heavy atom. The van der Waals surface area contributed by atoms with Gasteiger partial charge in [0.2, 0.25) is 5.16 Å². The number of aldehydes is 1. The van der Waals surface area contributed by atoms with Gasteiger partial charge >= 0.3 is 0 Å². The molecule has 3 rings (SSSR count). The van der Waals surface area contributed by atoms with Gasteiger partial charge < -0.3 is 14.3 Å². The maximum absolute atomic E-state index is 10.6. The Morgan fingerprint density at radius 2 is 1.60 bits per heavy atom. The third-order valence-electron chi connectivity index (χ3n) is 3.53. The molecule has 0 fully saturated rings. The number of thioether (sulfide) groups is 1. The van der Waals surface area contributed by atoms with E-state index in [1.807, 2.05) is 48.5 Å². The van der Waals surface area contributed by atoms with E-state index in [9.17, 15) is 4.79 Å². The molecule has 6 nitrogen and oxygen atoms in total. The lowest BCUT2D eigenvalue weighted by Crippen LogP contribution is -2.00. The number of ether oxygens (including phenoxy) is 2. The van der Waals surface area contributed by atoms with Crippen LogP contribution in [0.15, 0.2) is 53.7 Å². The highest BCUT2D eigenvalue weighted by Gasteiger charge is 2.14. The van der Waals surface area contributed by atoms with Crippen LogP contribution in [0.3, 0.4) is 0 Å². The number of hydrogen-bond donors (Lipinski definition) is 0. The summed E-state index contributed by atoms with van der Waals surface area (Å²) in [5.41, 5.74) is 1.76. The van der Waals surface area contributed by atoms with Crippen LogP contribution in [0.2, 0.25) is 0 Å². The molecule has 0 aliphatic carbocycles. The number of benzene rings is 2. The lowest BCUT2D eigenvalue weighted by atomic mass is 10.2. The molecule has 0 aliphatic heterocycles. The van der Waals surface area contributed by atoms with E-state index < -0.39 is 0 Å². The summed E-state index contributed by atoms with van der Waals surface area (Å²) in [6, 6.07) is 15.2. The Balaban J connectivity index is 2.04. The van der Waals surface area contributed by atoms with Crippen molar-refractivity contribution in [3.05, 3.63) is 48.5 Å². The van der Waals surface area contributed by atoms with Gasteiger partial charge in [0, 0.05) is 5.56 Å². The Hall–Kier alpha value is -2.80. The lowest BCUT2D eigenvalue weighted by molar-refractivity contribution is -0.105. The van der Waals surface area contributed by atoms with E-state index in [1.54, 1.807) is 18.9 Å². The molecule has 0 atom stereocenters. The topological polar surface area (TPSA) is 66.2 Å². The minimum atomic E-state index is 0.314. The van der Waals surface area contributed by atoms with Gasteiger partial charge in [-0.15, -0.1) is 5.10 Å². The lowest BCUT2D eigenvalue weighted by Gasteiger charge is -2.07. The molecule has 0 saturated carbocycles. The van der Waals surface area contributed by atoms with Crippen LogP contribution in [-0.4, -0.2) is 41.0 Å². The van der Waals surface area contributed by atoms with Gasteiger partial charge in [-0.3, -0.25) is 0 Å². The second-order valence-electron chi connectivity index (χ2n) is 5.03. The van der Waals surface area contributed by atoms with Crippen LogP contribution in [0.1, 0.15) is 0 Å². The third-order valence-corrected chi connectivity index (χ3v) is 4.27. The van der Waals surface area contributed by atoms with Crippen LogP contribution >= 0.6 is 11.8 Å². The van der Waals surface area contributed by atoms with Crippen LogP contribution in [0.4, 0.5) is 0 Å². The summed E-state index contributed by atoms with van der Waals surface area (Å²) in [5.74, 6) is 2.55. The highest BCUT2D eigenvalue weighted by atomic mass is 32.2. The van der Waals surface area contributed by atoms with E-state index in [1.165, 1.54) is 11.8 Å². The standard InChI is InChI=1S/C18H17N3O3S/c1-23-15-7-3-13(4-8-15)17-19-18(25-12-11-22)20-21(17)14-5-9-16(24-2)10-6-14/h3-11H,12H2,1-2H3. The fraction of sp³-hybridized carbons (Fsp3) is 0.167. The first-order chi connectivity index (χ1) is 12.2. The fourth-order valence-corrected chi connectivity index (χ4v) is 2.80. The first-order valence-electron chi connectivity index (χ1n) is 7.57. The van der Waals surface area contributed by atoms with Gasteiger partial charge in [-0.25, -0.2) is 9.67 Å². The molecule has 0 unspecified atom stereocenters. The van der Waals surface area contributed by atoms with Crippen molar-refractivity contribution in [3.63, 3.8) is 0 Å². The smallest absolute Gasteiger partial charge is 0.209 e. The largest absolute Gasteiger partial charge is 0.497 e. The molecule has 0 aliphatic rings. The van der Waals surface area contributed by atoms with Gasteiger partial charge in [0.15, 0.2) is 5.82 Å². The predicted molar refractivity (Wildman–Crippen MR) is 96.7 cm³/mol. The minimum absolute atomic E-state index is 0.314. The number of hydrogen-bond acceptors (Lipinski definition) is 6. The Labute approximate surface area is 149 Å². The number of aromatic nitrogens is 3. The molecule has 3 aromatic rings. The molecule has 0 saturated heterocycles. The van der Waals surface area contributed by atoms with Gasteiger partial charge in [0.05, 0.1) is 25.7 Å². The van der Waals surface area contributed by atoms with Crippen molar-refractivity contribution in [1.82, 2.24) is 14.8 Å². The van der Waals surface area contributed by atoms with Crippen molar-refractivity contribution < 1.29 is 14.3 Å². The van der Waals surface area contributed by atoms with Crippen molar-refractivity contribution in [2.75, 3.05) is 20.0 Å². The van der Waals surface area contributed by atoms with E-state index in [0.29, 0.717) is 16.7 Å². The predicted octanol–water partition coefficient (Wildman–Crippen LogP) is 3.24.